The summed E-state index contributed by atoms with van der Waals surface area (Å²) in [5.41, 5.74) is 5.00. The quantitative estimate of drug-likeness (QED) is 0.313. The number of methoxy groups -OCH3 is 1. The van der Waals surface area contributed by atoms with Crippen molar-refractivity contribution in [3.63, 3.8) is 0 Å². The van der Waals surface area contributed by atoms with E-state index in [1.54, 1.807) is 7.11 Å². The van der Waals surface area contributed by atoms with Crippen LogP contribution in [0.5, 0.6) is 11.6 Å². The first-order valence-corrected chi connectivity index (χ1v) is 13.6. The van der Waals surface area contributed by atoms with Crippen LogP contribution in [0.15, 0.2) is 55.1 Å². The van der Waals surface area contributed by atoms with Crippen LogP contribution in [0.4, 0.5) is 5.82 Å². The van der Waals surface area contributed by atoms with E-state index >= 15 is 0 Å². The van der Waals surface area contributed by atoms with Crippen molar-refractivity contribution in [1.29, 1.82) is 0 Å². The molecule has 2 fully saturated rings. The molecule has 1 aliphatic carbocycles. The Morgan fingerprint density at radius 1 is 1.05 bits per heavy atom. The van der Waals surface area contributed by atoms with Gasteiger partial charge in [0.15, 0.2) is 5.65 Å². The van der Waals surface area contributed by atoms with Crippen molar-refractivity contribution in [2.45, 2.75) is 32.4 Å². The van der Waals surface area contributed by atoms with Gasteiger partial charge < -0.3 is 19.7 Å². The number of anilines is 1. The maximum Gasteiger partial charge on any atom is 0.212 e. The minimum atomic E-state index is 0.551. The maximum atomic E-state index is 5.83. The summed E-state index contributed by atoms with van der Waals surface area (Å²) in [7, 11) is 1.64. The molecule has 10 heteroatoms. The van der Waals surface area contributed by atoms with Gasteiger partial charge in [0.2, 0.25) is 5.88 Å². The van der Waals surface area contributed by atoms with E-state index in [-0.39, 0.29) is 0 Å². The summed E-state index contributed by atoms with van der Waals surface area (Å²) < 4.78 is 12.9. The molecule has 39 heavy (non-hydrogen) atoms. The van der Waals surface area contributed by atoms with Crippen molar-refractivity contribution < 1.29 is 9.47 Å². The molecule has 200 valence electrons. The van der Waals surface area contributed by atoms with Crippen LogP contribution in [0.25, 0.3) is 27.7 Å². The fourth-order valence-electron chi connectivity index (χ4n) is 6.29. The smallest absolute Gasteiger partial charge is 0.212 e. The summed E-state index contributed by atoms with van der Waals surface area (Å²) in [6.07, 6.45) is 10.0. The largest absolute Gasteiger partial charge is 0.492 e. The van der Waals surface area contributed by atoms with E-state index in [4.69, 9.17) is 14.5 Å². The number of fused-ring (bicyclic) bond motifs is 4. The molecule has 5 aromatic rings. The third-order valence-electron chi connectivity index (χ3n) is 8.15. The Labute approximate surface area is 226 Å². The van der Waals surface area contributed by atoms with Crippen LogP contribution in [0, 0.1) is 11.8 Å². The summed E-state index contributed by atoms with van der Waals surface area (Å²) in [5, 5.41) is 16.5. The number of ether oxygens (including phenoxy) is 2. The van der Waals surface area contributed by atoms with Gasteiger partial charge in [-0.2, -0.15) is 5.10 Å². The van der Waals surface area contributed by atoms with Crippen LogP contribution in [-0.2, 0) is 6.54 Å². The minimum Gasteiger partial charge on any atom is -0.492 e. The lowest BCUT2D eigenvalue weighted by atomic mass is 10.0. The molecule has 1 aliphatic heterocycles. The van der Waals surface area contributed by atoms with Crippen molar-refractivity contribution in [3.05, 3.63) is 60.7 Å². The molecule has 0 amide bonds. The van der Waals surface area contributed by atoms with E-state index in [1.165, 1.54) is 18.4 Å². The van der Waals surface area contributed by atoms with Gasteiger partial charge in [-0.15, -0.1) is 5.10 Å². The van der Waals surface area contributed by atoms with Gasteiger partial charge >= 0.3 is 0 Å². The Morgan fingerprint density at radius 3 is 2.64 bits per heavy atom. The molecule has 5 aromatic heterocycles. The molecular formula is C29H32N8O2. The van der Waals surface area contributed by atoms with E-state index in [9.17, 15) is 0 Å². The first-order chi connectivity index (χ1) is 19.2. The Kier molecular flexibility index (Phi) is 6.04. The Hall–Kier alpha value is -4.18. The van der Waals surface area contributed by atoms with Crippen molar-refractivity contribution in [1.82, 2.24) is 35.1 Å². The topological polar surface area (TPSA) is 105 Å². The second kappa shape index (κ2) is 9.85. The molecule has 7 rings (SSSR count). The van der Waals surface area contributed by atoms with Crippen LogP contribution in [0.1, 0.15) is 25.3 Å². The SMILES string of the molecule is CCOc1cc(-c2ccc(N3C[C@H]4CC(NCc5ccc(OC)nc5)C[C@H]4C3)nc2)c2c3cn[nH]c3nn2c1. The molecule has 0 radical (unpaired) electrons. The zero-order valence-corrected chi connectivity index (χ0v) is 22.2. The average Bonchev–Trinajstić information content (AvgIpc) is 3.73. The number of rotatable bonds is 8. The van der Waals surface area contributed by atoms with Gasteiger partial charge in [-0.05, 0) is 55.4 Å². The van der Waals surface area contributed by atoms with Crippen molar-refractivity contribution in [2.75, 3.05) is 31.7 Å². The van der Waals surface area contributed by atoms with Crippen molar-refractivity contribution in [2.24, 2.45) is 11.8 Å². The van der Waals surface area contributed by atoms with E-state index < -0.39 is 0 Å². The predicted octanol–water partition coefficient (Wildman–Crippen LogP) is 4.08. The molecule has 2 N–H and O–H groups in total. The fourth-order valence-corrected chi connectivity index (χ4v) is 6.29. The maximum absolute atomic E-state index is 5.83. The first kappa shape index (κ1) is 23.9. The zero-order chi connectivity index (χ0) is 26.3. The van der Waals surface area contributed by atoms with E-state index in [0.29, 0.717) is 30.4 Å². The number of nitrogens with zero attached hydrogens (tertiary/aromatic N) is 6. The monoisotopic (exact) mass is 524 g/mol. The summed E-state index contributed by atoms with van der Waals surface area (Å²) in [6, 6.07) is 10.9. The summed E-state index contributed by atoms with van der Waals surface area (Å²) in [5.74, 6) is 3.87. The number of aromatic nitrogens is 6. The predicted molar refractivity (Wildman–Crippen MR) is 149 cm³/mol. The molecule has 1 saturated carbocycles. The molecule has 0 bridgehead atoms. The molecule has 0 spiro atoms. The van der Waals surface area contributed by atoms with Gasteiger partial charge in [0, 0.05) is 55.3 Å². The van der Waals surface area contributed by atoms with E-state index in [0.717, 1.165) is 58.9 Å². The Balaban J connectivity index is 1.03. The summed E-state index contributed by atoms with van der Waals surface area (Å²) >= 11 is 0. The normalized spacial score (nSPS) is 20.7. The lowest BCUT2D eigenvalue weighted by molar-refractivity contribution is 0.338. The number of nitrogens with one attached hydrogen (secondary N) is 2. The Bertz CT molecular complexity index is 1580. The molecule has 1 saturated heterocycles. The lowest BCUT2D eigenvalue weighted by Crippen LogP contribution is -2.30. The third-order valence-corrected chi connectivity index (χ3v) is 8.15. The molecule has 10 nitrogen and oxygen atoms in total. The standard InChI is InChI=1S/C29H32N8O2/c1-3-39-23-10-24(28-25-14-33-34-29(25)35-37(28)17-23)19-5-6-26(31-13-19)36-15-20-8-22(9-21(20)16-36)30-11-18-4-7-27(38-2)32-12-18/h4-7,10,12-14,17,20-22,30H,3,8-9,11,15-16H2,1-2H3,(H,34,35)/t20-,21+,22?. The van der Waals surface area contributed by atoms with E-state index in [2.05, 4.69) is 54.8 Å². The third kappa shape index (κ3) is 4.44. The molecule has 0 aromatic carbocycles. The molecule has 6 heterocycles. The summed E-state index contributed by atoms with van der Waals surface area (Å²) in [6.45, 7) is 5.53. The van der Waals surface area contributed by atoms with Crippen molar-refractivity contribution in [3.8, 4) is 22.8 Å². The minimum absolute atomic E-state index is 0.551. The molecule has 2 aliphatic rings. The lowest BCUT2D eigenvalue weighted by Gasteiger charge is -2.21. The second-order valence-corrected chi connectivity index (χ2v) is 10.5. The highest BCUT2D eigenvalue weighted by atomic mass is 16.5. The van der Waals surface area contributed by atoms with Gasteiger partial charge in [0.05, 0.1) is 37.0 Å². The summed E-state index contributed by atoms with van der Waals surface area (Å²) in [4.78, 5) is 11.7. The van der Waals surface area contributed by atoms with Crippen LogP contribution < -0.4 is 19.7 Å². The highest BCUT2D eigenvalue weighted by Crippen LogP contribution is 2.40. The van der Waals surface area contributed by atoms with Gasteiger partial charge in [-0.25, -0.2) is 14.5 Å². The number of H-pyrrole nitrogens is 1. The van der Waals surface area contributed by atoms with Crippen LogP contribution in [0.2, 0.25) is 0 Å². The number of aromatic amines is 1. The van der Waals surface area contributed by atoms with Crippen molar-refractivity contribution >= 4 is 22.4 Å². The highest BCUT2D eigenvalue weighted by Gasteiger charge is 2.41. The van der Waals surface area contributed by atoms with Gasteiger partial charge in [-0.3, -0.25) is 5.10 Å². The van der Waals surface area contributed by atoms with E-state index in [1.807, 2.05) is 42.3 Å². The molecule has 3 atom stereocenters. The number of hydrogen-bond donors (Lipinski definition) is 2. The van der Waals surface area contributed by atoms with Gasteiger partial charge in [0.1, 0.15) is 11.6 Å². The van der Waals surface area contributed by atoms with Crippen LogP contribution in [-0.4, -0.2) is 62.6 Å². The second-order valence-electron chi connectivity index (χ2n) is 10.5. The Morgan fingerprint density at radius 2 is 1.92 bits per heavy atom. The highest BCUT2D eigenvalue weighted by molar-refractivity contribution is 6.00. The molecular weight excluding hydrogens is 492 g/mol. The van der Waals surface area contributed by atoms with Crippen LogP contribution in [0.3, 0.4) is 0 Å². The number of hydrogen-bond acceptors (Lipinski definition) is 8. The first-order valence-electron chi connectivity index (χ1n) is 13.6. The van der Waals surface area contributed by atoms with Gasteiger partial charge in [-0.1, -0.05) is 6.07 Å². The number of pyridine rings is 3. The average molecular weight is 525 g/mol. The molecule has 1 unspecified atom stereocenters. The zero-order valence-electron chi connectivity index (χ0n) is 22.2. The fraction of sp³-hybridized carbons (Fsp3) is 0.379. The van der Waals surface area contributed by atoms with Crippen LogP contribution >= 0.6 is 0 Å². The van der Waals surface area contributed by atoms with Gasteiger partial charge in [0.25, 0.3) is 0 Å².